The van der Waals surface area contributed by atoms with Gasteiger partial charge in [0.15, 0.2) is 0 Å². The summed E-state index contributed by atoms with van der Waals surface area (Å²) >= 11 is 0. The van der Waals surface area contributed by atoms with Gasteiger partial charge in [0.05, 0.1) is 0 Å². The molecule has 3 nitrogen and oxygen atoms in total. The van der Waals surface area contributed by atoms with E-state index in [9.17, 15) is 4.79 Å². The van der Waals surface area contributed by atoms with Crippen LogP contribution in [0.2, 0.25) is 0 Å². The first-order valence-electron chi connectivity index (χ1n) is 4.77. The number of rotatable bonds is 0. The molecule has 0 aromatic rings. The summed E-state index contributed by atoms with van der Waals surface area (Å²) in [5, 5.41) is 3.54. The molecule has 3 heteroatoms. The predicted molar refractivity (Wildman–Crippen MR) is 46.8 cm³/mol. The number of nitrogens with zero attached hydrogens (tertiary/aromatic N) is 1. The van der Waals surface area contributed by atoms with E-state index in [2.05, 4.69) is 5.32 Å². The Morgan fingerprint density at radius 3 is 2.83 bits per heavy atom. The minimum atomic E-state index is 0.226. The fourth-order valence-corrected chi connectivity index (χ4v) is 2.23. The van der Waals surface area contributed by atoms with Crippen molar-refractivity contribution in [3.8, 4) is 0 Å². The third-order valence-corrected chi connectivity index (χ3v) is 2.97. The average molecular weight is 168 g/mol. The molecule has 68 valence electrons. The Balaban J connectivity index is 2.00. The lowest BCUT2D eigenvalue weighted by molar-refractivity contribution is -0.129. The second kappa shape index (κ2) is 3.05. The molecule has 2 aliphatic rings. The maximum atomic E-state index is 11.1. The van der Waals surface area contributed by atoms with Crippen LogP contribution in [0.1, 0.15) is 26.2 Å². The van der Waals surface area contributed by atoms with Crippen LogP contribution in [-0.4, -0.2) is 36.0 Å². The number of likely N-dealkylation sites (tertiary alicyclic amines) is 1. The van der Waals surface area contributed by atoms with Crippen LogP contribution in [0.4, 0.5) is 0 Å². The summed E-state index contributed by atoms with van der Waals surface area (Å²) < 4.78 is 0. The molecule has 0 aromatic carbocycles. The average Bonchev–Trinajstić information content (AvgIpc) is 2.29. The van der Waals surface area contributed by atoms with Crippen molar-refractivity contribution in [2.24, 2.45) is 0 Å². The van der Waals surface area contributed by atoms with Crippen molar-refractivity contribution >= 4 is 5.91 Å². The second-order valence-electron chi connectivity index (χ2n) is 3.89. The maximum absolute atomic E-state index is 11.1. The molecule has 0 aliphatic carbocycles. The van der Waals surface area contributed by atoms with Crippen LogP contribution in [0.3, 0.4) is 0 Å². The molecule has 2 saturated heterocycles. The fourth-order valence-electron chi connectivity index (χ4n) is 2.23. The van der Waals surface area contributed by atoms with Crippen molar-refractivity contribution in [2.45, 2.75) is 38.3 Å². The quantitative estimate of drug-likeness (QED) is 0.566. The SMILES string of the molecule is CC(=O)N1CC[C@@H]2CC[C@H](C1)N2. The summed E-state index contributed by atoms with van der Waals surface area (Å²) in [6, 6.07) is 1.25. The smallest absolute Gasteiger partial charge is 0.219 e. The molecule has 0 radical (unpaired) electrons. The van der Waals surface area contributed by atoms with Crippen LogP contribution in [0.15, 0.2) is 0 Å². The van der Waals surface area contributed by atoms with Gasteiger partial charge in [-0.05, 0) is 19.3 Å². The Hall–Kier alpha value is -0.570. The Morgan fingerprint density at radius 1 is 1.33 bits per heavy atom. The van der Waals surface area contributed by atoms with Crippen LogP contribution in [0.25, 0.3) is 0 Å². The van der Waals surface area contributed by atoms with Gasteiger partial charge in [0.2, 0.25) is 5.91 Å². The van der Waals surface area contributed by atoms with Gasteiger partial charge in [-0.3, -0.25) is 4.79 Å². The highest BCUT2D eigenvalue weighted by Crippen LogP contribution is 2.20. The highest BCUT2D eigenvalue weighted by Gasteiger charge is 2.29. The van der Waals surface area contributed by atoms with Gasteiger partial charge >= 0.3 is 0 Å². The molecule has 2 heterocycles. The third-order valence-electron chi connectivity index (χ3n) is 2.97. The van der Waals surface area contributed by atoms with Crippen molar-refractivity contribution in [1.82, 2.24) is 10.2 Å². The molecule has 1 N–H and O–H groups in total. The van der Waals surface area contributed by atoms with E-state index in [4.69, 9.17) is 0 Å². The lowest BCUT2D eigenvalue weighted by Gasteiger charge is -2.22. The zero-order valence-corrected chi connectivity index (χ0v) is 7.55. The van der Waals surface area contributed by atoms with Crippen molar-refractivity contribution in [3.63, 3.8) is 0 Å². The van der Waals surface area contributed by atoms with Crippen molar-refractivity contribution in [1.29, 1.82) is 0 Å². The predicted octanol–water partition coefficient (Wildman–Crippen LogP) is 0.359. The number of nitrogens with one attached hydrogen (secondary N) is 1. The number of amides is 1. The lowest BCUT2D eigenvalue weighted by atomic mass is 10.1. The van der Waals surface area contributed by atoms with Crippen molar-refractivity contribution in [2.75, 3.05) is 13.1 Å². The van der Waals surface area contributed by atoms with E-state index in [0.29, 0.717) is 12.1 Å². The highest BCUT2D eigenvalue weighted by atomic mass is 16.2. The molecule has 0 aromatic heterocycles. The summed E-state index contributed by atoms with van der Waals surface area (Å²) in [6.45, 7) is 3.54. The van der Waals surface area contributed by atoms with Crippen LogP contribution in [-0.2, 0) is 4.79 Å². The Bertz CT molecular complexity index is 193. The van der Waals surface area contributed by atoms with Crippen LogP contribution >= 0.6 is 0 Å². The van der Waals surface area contributed by atoms with E-state index in [1.807, 2.05) is 4.90 Å². The van der Waals surface area contributed by atoms with Gasteiger partial charge in [0.25, 0.3) is 0 Å². The van der Waals surface area contributed by atoms with E-state index in [1.54, 1.807) is 6.92 Å². The summed E-state index contributed by atoms with van der Waals surface area (Å²) in [4.78, 5) is 13.1. The highest BCUT2D eigenvalue weighted by molar-refractivity contribution is 5.73. The normalized spacial score (nSPS) is 34.9. The summed E-state index contributed by atoms with van der Waals surface area (Å²) in [5.74, 6) is 0.226. The van der Waals surface area contributed by atoms with E-state index in [0.717, 1.165) is 19.5 Å². The Kier molecular flexibility index (Phi) is 2.05. The molecule has 0 saturated carbocycles. The molecule has 2 bridgehead atoms. The number of fused-ring (bicyclic) bond motifs is 2. The Morgan fingerprint density at radius 2 is 2.08 bits per heavy atom. The fraction of sp³-hybridized carbons (Fsp3) is 0.889. The zero-order valence-electron chi connectivity index (χ0n) is 7.55. The largest absolute Gasteiger partial charge is 0.341 e. The molecule has 12 heavy (non-hydrogen) atoms. The summed E-state index contributed by atoms with van der Waals surface area (Å²) in [6.07, 6.45) is 3.68. The van der Waals surface area contributed by atoms with Gasteiger partial charge in [0, 0.05) is 32.1 Å². The first kappa shape index (κ1) is 8.05. The topological polar surface area (TPSA) is 32.3 Å². The molecule has 2 atom stereocenters. The molecule has 2 fully saturated rings. The molecule has 0 spiro atoms. The van der Waals surface area contributed by atoms with E-state index < -0.39 is 0 Å². The van der Waals surface area contributed by atoms with Crippen molar-refractivity contribution < 1.29 is 4.79 Å². The minimum Gasteiger partial charge on any atom is -0.341 e. The lowest BCUT2D eigenvalue weighted by Crippen LogP contribution is -2.37. The molecular formula is C9H16N2O. The third kappa shape index (κ3) is 1.46. The van der Waals surface area contributed by atoms with Gasteiger partial charge in [-0.1, -0.05) is 0 Å². The van der Waals surface area contributed by atoms with E-state index in [-0.39, 0.29) is 5.91 Å². The van der Waals surface area contributed by atoms with E-state index >= 15 is 0 Å². The van der Waals surface area contributed by atoms with Gasteiger partial charge < -0.3 is 10.2 Å². The number of carbonyl (C=O) groups excluding carboxylic acids is 1. The summed E-state index contributed by atoms with van der Waals surface area (Å²) in [5.41, 5.74) is 0. The maximum Gasteiger partial charge on any atom is 0.219 e. The molecule has 0 unspecified atom stereocenters. The first-order chi connectivity index (χ1) is 5.75. The standard InChI is InChI=1S/C9H16N2O/c1-7(12)11-5-4-8-2-3-9(6-11)10-8/h8-10H,2-6H2,1H3/t8-,9+/m0/s1. The van der Waals surface area contributed by atoms with Gasteiger partial charge in [-0.2, -0.15) is 0 Å². The zero-order chi connectivity index (χ0) is 8.55. The van der Waals surface area contributed by atoms with Crippen LogP contribution in [0.5, 0.6) is 0 Å². The molecule has 1 amide bonds. The van der Waals surface area contributed by atoms with Gasteiger partial charge in [-0.15, -0.1) is 0 Å². The van der Waals surface area contributed by atoms with Gasteiger partial charge in [-0.25, -0.2) is 0 Å². The number of hydrogen-bond acceptors (Lipinski definition) is 2. The van der Waals surface area contributed by atoms with Crippen LogP contribution in [0, 0.1) is 0 Å². The molecular weight excluding hydrogens is 152 g/mol. The summed E-state index contributed by atoms with van der Waals surface area (Å²) in [7, 11) is 0. The van der Waals surface area contributed by atoms with Gasteiger partial charge in [0.1, 0.15) is 0 Å². The first-order valence-corrected chi connectivity index (χ1v) is 4.77. The van der Waals surface area contributed by atoms with E-state index in [1.165, 1.54) is 12.8 Å². The van der Waals surface area contributed by atoms with Crippen LogP contribution < -0.4 is 5.32 Å². The minimum absolute atomic E-state index is 0.226. The Labute approximate surface area is 73.1 Å². The monoisotopic (exact) mass is 168 g/mol. The second-order valence-corrected chi connectivity index (χ2v) is 3.89. The molecule has 2 aliphatic heterocycles. The molecule has 2 rings (SSSR count). The van der Waals surface area contributed by atoms with Crippen molar-refractivity contribution in [3.05, 3.63) is 0 Å². The number of carbonyl (C=O) groups is 1. The number of hydrogen-bond donors (Lipinski definition) is 1.